The van der Waals surface area contributed by atoms with Gasteiger partial charge < -0.3 is 9.88 Å². The minimum Gasteiger partial charge on any atom is -0.351 e. The largest absolute Gasteiger partial charge is 0.351 e. The molecule has 36 heavy (non-hydrogen) atoms. The SMILES string of the molecule is CC(C)N(CCNC(=O)c1cn(C)c2ccc(S(=O)(=O)N3CCCC3)cc2c1=O)Cc1ccccc1. The molecule has 1 fully saturated rings. The van der Waals surface area contributed by atoms with Gasteiger partial charge in [-0.05, 0) is 50.5 Å². The maximum atomic E-state index is 13.3. The third-order valence-electron chi connectivity index (χ3n) is 6.75. The molecule has 0 aliphatic carbocycles. The van der Waals surface area contributed by atoms with Crippen molar-refractivity contribution >= 4 is 26.8 Å². The molecule has 4 rings (SSSR count). The van der Waals surface area contributed by atoms with Gasteiger partial charge in [0.15, 0.2) is 0 Å². The normalized spacial score (nSPS) is 14.7. The van der Waals surface area contributed by atoms with Gasteiger partial charge in [0.2, 0.25) is 15.5 Å². The molecule has 1 aromatic heterocycles. The monoisotopic (exact) mass is 510 g/mol. The number of rotatable bonds is 9. The number of sulfonamides is 1. The van der Waals surface area contributed by atoms with Crippen LogP contribution in [-0.4, -0.2) is 60.3 Å². The number of fused-ring (bicyclic) bond motifs is 1. The number of hydrogen-bond acceptors (Lipinski definition) is 5. The van der Waals surface area contributed by atoms with E-state index in [1.54, 1.807) is 17.7 Å². The van der Waals surface area contributed by atoms with Crippen molar-refractivity contribution in [1.29, 1.82) is 0 Å². The lowest BCUT2D eigenvalue weighted by molar-refractivity contribution is 0.0942. The average Bonchev–Trinajstić information content (AvgIpc) is 3.42. The second-order valence-corrected chi connectivity index (χ2v) is 11.5. The first-order valence-electron chi connectivity index (χ1n) is 12.4. The number of benzene rings is 2. The highest BCUT2D eigenvalue weighted by molar-refractivity contribution is 7.89. The summed E-state index contributed by atoms with van der Waals surface area (Å²) in [7, 11) is -1.93. The Kier molecular flexibility index (Phi) is 7.92. The van der Waals surface area contributed by atoms with Crippen molar-refractivity contribution in [3.63, 3.8) is 0 Å². The molecule has 0 saturated carbocycles. The molecule has 2 aromatic carbocycles. The van der Waals surface area contributed by atoms with E-state index in [0.29, 0.717) is 31.7 Å². The van der Waals surface area contributed by atoms with Crippen LogP contribution in [-0.2, 0) is 23.6 Å². The second kappa shape index (κ2) is 10.9. The van der Waals surface area contributed by atoms with Gasteiger partial charge in [0, 0.05) is 57.4 Å². The molecule has 0 atom stereocenters. The van der Waals surface area contributed by atoms with Crippen molar-refractivity contribution in [1.82, 2.24) is 19.1 Å². The summed E-state index contributed by atoms with van der Waals surface area (Å²) in [6, 6.07) is 15.0. The Morgan fingerprint density at radius 2 is 1.78 bits per heavy atom. The number of carbonyl (C=O) groups is 1. The van der Waals surface area contributed by atoms with Gasteiger partial charge in [0.25, 0.3) is 5.91 Å². The van der Waals surface area contributed by atoms with Crippen LogP contribution in [0.15, 0.2) is 64.4 Å². The summed E-state index contributed by atoms with van der Waals surface area (Å²) >= 11 is 0. The lowest BCUT2D eigenvalue weighted by Crippen LogP contribution is -2.39. The van der Waals surface area contributed by atoms with Gasteiger partial charge in [-0.15, -0.1) is 0 Å². The van der Waals surface area contributed by atoms with Crippen molar-refractivity contribution < 1.29 is 13.2 Å². The summed E-state index contributed by atoms with van der Waals surface area (Å²) in [4.78, 5) is 28.6. The van der Waals surface area contributed by atoms with Crippen LogP contribution < -0.4 is 10.7 Å². The molecule has 1 aliphatic heterocycles. The van der Waals surface area contributed by atoms with E-state index in [-0.39, 0.29) is 21.9 Å². The molecule has 1 saturated heterocycles. The van der Waals surface area contributed by atoms with Crippen molar-refractivity contribution in [2.75, 3.05) is 26.2 Å². The molecule has 1 amide bonds. The summed E-state index contributed by atoms with van der Waals surface area (Å²) in [5.74, 6) is -0.464. The Morgan fingerprint density at radius 3 is 2.44 bits per heavy atom. The maximum absolute atomic E-state index is 13.3. The number of carbonyl (C=O) groups excluding carboxylic acids is 1. The van der Waals surface area contributed by atoms with Crippen LogP contribution in [0.2, 0.25) is 0 Å². The molecule has 9 heteroatoms. The van der Waals surface area contributed by atoms with Gasteiger partial charge in [-0.1, -0.05) is 30.3 Å². The van der Waals surface area contributed by atoms with E-state index in [2.05, 4.69) is 36.2 Å². The van der Waals surface area contributed by atoms with Crippen LogP contribution in [0.3, 0.4) is 0 Å². The van der Waals surface area contributed by atoms with Gasteiger partial charge in [-0.3, -0.25) is 14.5 Å². The van der Waals surface area contributed by atoms with Crippen LogP contribution in [0.4, 0.5) is 0 Å². The van der Waals surface area contributed by atoms with Crippen molar-refractivity contribution in [2.45, 2.75) is 44.2 Å². The molecular weight excluding hydrogens is 476 g/mol. The average molecular weight is 511 g/mol. The number of hydrogen-bond donors (Lipinski definition) is 1. The van der Waals surface area contributed by atoms with Gasteiger partial charge in [0.1, 0.15) is 5.56 Å². The molecule has 192 valence electrons. The highest BCUT2D eigenvalue weighted by Gasteiger charge is 2.28. The third-order valence-corrected chi connectivity index (χ3v) is 8.65. The van der Waals surface area contributed by atoms with E-state index >= 15 is 0 Å². The van der Waals surface area contributed by atoms with Gasteiger partial charge in [0.05, 0.1) is 10.4 Å². The highest BCUT2D eigenvalue weighted by Crippen LogP contribution is 2.23. The topological polar surface area (TPSA) is 91.7 Å². The quantitative estimate of drug-likeness (QED) is 0.478. The van der Waals surface area contributed by atoms with Gasteiger partial charge >= 0.3 is 0 Å². The maximum Gasteiger partial charge on any atom is 0.256 e. The molecule has 1 N–H and O–H groups in total. The number of aromatic nitrogens is 1. The lowest BCUT2D eigenvalue weighted by atomic mass is 10.1. The highest BCUT2D eigenvalue weighted by atomic mass is 32.2. The minimum absolute atomic E-state index is 0.000114. The van der Waals surface area contributed by atoms with Crippen LogP contribution in [0.1, 0.15) is 42.6 Å². The first-order valence-corrected chi connectivity index (χ1v) is 13.8. The second-order valence-electron chi connectivity index (χ2n) is 9.58. The first kappa shape index (κ1) is 26.1. The van der Waals surface area contributed by atoms with E-state index in [1.807, 2.05) is 18.2 Å². The van der Waals surface area contributed by atoms with Crippen molar-refractivity contribution in [2.24, 2.45) is 7.05 Å². The summed E-state index contributed by atoms with van der Waals surface area (Å²) in [5, 5.41) is 3.09. The Labute approximate surface area is 212 Å². The number of amides is 1. The summed E-state index contributed by atoms with van der Waals surface area (Å²) < 4.78 is 29.2. The third kappa shape index (κ3) is 5.53. The Morgan fingerprint density at radius 1 is 1.08 bits per heavy atom. The molecule has 0 radical (unpaired) electrons. The lowest BCUT2D eigenvalue weighted by Gasteiger charge is -2.26. The predicted molar refractivity (Wildman–Crippen MR) is 142 cm³/mol. The van der Waals surface area contributed by atoms with Crippen molar-refractivity contribution in [3.05, 3.63) is 76.1 Å². The van der Waals surface area contributed by atoms with Gasteiger partial charge in [-0.25, -0.2) is 8.42 Å². The van der Waals surface area contributed by atoms with Crippen molar-refractivity contribution in [3.8, 4) is 0 Å². The van der Waals surface area contributed by atoms with Crippen LogP contribution in [0, 0.1) is 0 Å². The minimum atomic E-state index is -3.67. The predicted octanol–water partition coefficient (Wildman–Crippen LogP) is 2.96. The zero-order chi connectivity index (χ0) is 25.9. The summed E-state index contributed by atoms with van der Waals surface area (Å²) in [5.41, 5.74) is 1.30. The Hall–Kier alpha value is -3.01. The zero-order valence-corrected chi connectivity index (χ0v) is 21.9. The fourth-order valence-electron chi connectivity index (χ4n) is 4.62. The van der Waals surface area contributed by atoms with E-state index in [4.69, 9.17) is 0 Å². The molecular formula is C27H34N4O4S. The molecule has 3 aromatic rings. The van der Waals surface area contributed by atoms with E-state index < -0.39 is 21.4 Å². The fraction of sp³-hybridized carbons (Fsp3) is 0.407. The molecule has 0 bridgehead atoms. The van der Waals surface area contributed by atoms with Crippen LogP contribution in [0.25, 0.3) is 10.9 Å². The molecule has 0 unspecified atom stereocenters. The van der Waals surface area contributed by atoms with E-state index in [9.17, 15) is 18.0 Å². The molecule has 2 heterocycles. The number of nitrogens with zero attached hydrogens (tertiary/aromatic N) is 3. The number of aryl methyl sites for hydroxylation is 1. The fourth-order valence-corrected chi connectivity index (χ4v) is 6.16. The van der Waals surface area contributed by atoms with Crippen LogP contribution >= 0.6 is 0 Å². The smallest absolute Gasteiger partial charge is 0.256 e. The van der Waals surface area contributed by atoms with E-state index in [0.717, 1.165) is 19.4 Å². The standard InChI is InChI=1S/C27H34N4O4S/c1-20(2)30(18-21-9-5-4-6-10-21)16-13-28-27(33)24-19-29(3)25-12-11-22(17-23(25)26(24)32)36(34,35)31-14-7-8-15-31/h4-6,9-12,17,19-20H,7-8,13-16,18H2,1-3H3,(H,28,33). The van der Waals surface area contributed by atoms with Crippen LogP contribution in [0.5, 0.6) is 0 Å². The zero-order valence-electron chi connectivity index (χ0n) is 21.1. The molecule has 0 spiro atoms. The first-order chi connectivity index (χ1) is 17.2. The summed E-state index contributed by atoms with van der Waals surface area (Å²) in [6.45, 7) is 6.96. The van der Waals surface area contributed by atoms with E-state index in [1.165, 1.54) is 28.2 Å². The molecule has 1 aliphatic rings. The number of nitrogens with one attached hydrogen (secondary N) is 1. The Balaban J connectivity index is 1.52. The Bertz CT molecular complexity index is 1390. The number of pyridine rings is 1. The van der Waals surface area contributed by atoms with Gasteiger partial charge in [-0.2, -0.15) is 4.31 Å². The molecule has 8 nitrogen and oxygen atoms in total. The summed E-state index contributed by atoms with van der Waals surface area (Å²) in [6.07, 6.45) is 3.18.